The highest BCUT2D eigenvalue weighted by atomic mass is 32.1. The number of aryl methyl sites for hydroxylation is 1. The maximum atomic E-state index is 13.4. The van der Waals surface area contributed by atoms with Crippen molar-refractivity contribution in [1.29, 1.82) is 0 Å². The SMILES string of the molecule is COc1ccc(-c2csc(NC(=O)c3sc4nc5c(cc4c3N)CC(c3ccccc3)CC5)c2C(N)=O)cc1. The Hall–Kier alpha value is -4.21. The predicted molar refractivity (Wildman–Crippen MR) is 158 cm³/mol. The van der Waals surface area contributed by atoms with E-state index in [2.05, 4.69) is 35.6 Å². The molecule has 1 atom stereocenters. The maximum absolute atomic E-state index is 13.4. The lowest BCUT2D eigenvalue weighted by atomic mass is 9.82. The number of thiophene rings is 2. The molecule has 3 heterocycles. The number of nitrogens with one attached hydrogen (secondary N) is 1. The van der Waals surface area contributed by atoms with E-state index in [1.807, 2.05) is 35.7 Å². The summed E-state index contributed by atoms with van der Waals surface area (Å²) in [6, 6.07) is 19.9. The molecule has 3 aromatic heterocycles. The predicted octanol–water partition coefficient (Wildman–Crippen LogP) is 6.24. The third kappa shape index (κ3) is 4.64. The number of nitrogens with two attached hydrogens (primary N) is 2. The highest BCUT2D eigenvalue weighted by Crippen LogP contribution is 2.40. The van der Waals surface area contributed by atoms with Crippen LogP contribution in [0.25, 0.3) is 21.3 Å². The van der Waals surface area contributed by atoms with Crippen LogP contribution in [0.5, 0.6) is 5.75 Å². The summed E-state index contributed by atoms with van der Waals surface area (Å²) in [5, 5.41) is 5.86. The fraction of sp³-hybridized carbons (Fsp3) is 0.167. The Morgan fingerprint density at radius 2 is 1.87 bits per heavy atom. The number of aromatic nitrogens is 1. The van der Waals surface area contributed by atoms with Crippen molar-refractivity contribution in [1.82, 2.24) is 4.98 Å². The van der Waals surface area contributed by atoms with Gasteiger partial charge in [-0.3, -0.25) is 9.59 Å². The first-order valence-corrected chi connectivity index (χ1v) is 14.2. The van der Waals surface area contributed by atoms with Crippen LogP contribution in [0.15, 0.2) is 66.0 Å². The minimum atomic E-state index is -0.621. The Balaban J connectivity index is 1.29. The quantitative estimate of drug-likeness (QED) is 0.229. The number of nitrogens with zero attached hydrogens (tertiary/aromatic N) is 1. The molecular formula is C30H26N4O3S2. The van der Waals surface area contributed by atoms with Crippen LogP contribution in [0.1, 0.15) is 49.2 Å². The van der Waals surface area contributed by atoms with Crippen LogP contribution < -0.4 is 21.5 Å². The first kappa shape index (κ1) is 25.1. The minimum absolute atomic E-state index is 0.263. The summed E-state index contributed by atoms with van der Waals surface area (Å²) >= 11 is 2.52. The van der Waals surface area contributed by atoms with E-state index in [4.69, 9.17) is 21.2 Å². The number of ether oxygens (including phenoxy) is 1. The van der Waals surface area contributed by atoms with Crippen molar-refractivity contribution in [2.24, 2.45) is 5.73 Å². The molecule has 0 bridgehead atoms. The third-order valence-electron chi connectivity index (χ3n) is 7.23. The number of amides is 2. The lowest BCUT2D eigenvalue weighted by molar-refractivity contribution is 0.100. The molecule has 5 aromatic rings. The summed E-state index contributed by atoms with van der Waals surface area (Å²) < 4.78 is 5.22. The highest BCUT2D eigenvalue weighted by molar-refractivity contribution is 7.21. The molecule has 6 rings (SSSR count). The lowest BCUT2D eigenvalue weighted by Crippen LogP contribution is -2.17. The van der Waals surface area contributed by atoms with Crippen molar-refractivity contribution in [3.8, 4) is 16.9 Å². The van der Waals surface area contributed by atoms with E-state index in [1.54, 1.807) is 7.11 Å². The Morgan fingerprint density at radius 1 is 1.10 bits per heavy atom. The van der Waals surface area contributed by atoms with Gasteiger partial charge in [-0.1, -0.05) is 42.5 Å². The van der Waals surface area contributed by atoms with Crippen molar-refractivity contribution < 1.29 is 14.3 Å². The number of anilines is 2. The second-order valence-electron chi connectivity index (χ2n) is 9.54. The molecule has 2 aromatic carbocycles. The molecule has 196 valence electrons. The molecule has 0 aliphatic heterocycles. The van der Waals surface area contributed by atoms with Crippen LogP contribution in [-0.2, 0) is 12.8 Å². The molecule has 1 aliphatic carbocycles. The van der Waals surface area contributed by atoms with E-state index < -0.39 is 5.91 Å². The summed E-state index contributed by atoms with van der Waals surface area (Å²) in [7, 11) is 1.59. The van der Waals surface area contributed by atoms with Crippen LogP contribution in [-0.4, -0.2) is 23.9 Å². The topological polar surface area (TPSA) is 120 Å². The van der Waals surface area contributed by atoms with Gasteiger partial charge in [0, 0.05) is 22.0 Å². The second-order valence-corrected chi connectivity index (χ2v) is 11.4. The fourth-order valence-electron chi connectivity index (χ4n) is 5.21. The Labute approximate surface area is 233 Å². The molecule has 0 saturated carbocycles. The summed E-state index contributed by atoms with van der Waals surface area (Å²) in [4.78, 5) is 31.8. The molecule has 5 N–H and O–H groups in total. The van der Waals surface area contributed by atoms with Gasteiger partial charge in [-0.25, -0.2) is 4.98 Å². The van der Waals surface area contributed by atoms with Gasteiger partial charge in [-0.15, -0.1) is 22.7 Å². The largest absolute Gasteiger partial charge is 0.497 e. The van der Waals surface area contributed by atoms with Gasteiger partial charge in [0.1, 0.15) is 20.5 Å². The molecule has 1 aliphatic rings. The molecule has 0 fully saturated rings. The lowest BCUT2D eigenvalue weighted by Gasteiger charge is -2.24. The number of primary amides is 1. The molecule has 0 spiro atoms. The van der Waals surface area contributed by atoms with Gasteiger partial charge < -0.3 is 21.5 Å². The number of hydrogen-bond donors (Lipinski definition) is 3. The number of pyridine rings is 1. The first-order chi connectivity index (χ1) is 18.9. The van der Waals surface area contributed by atoms with Gasteiger partial charge >= 0.3 is 0 Å². The minimum Gasteiger partial charge on any atom is -0.497 e. The smallest absolute Gasteiger partial charge is 0.268 e. The van der Waals surface area contributed by atoms with Crippen LogP contribution in [0.2, 0.25) is 0 Å². The van der Waals surface area contributed by atoms with Gasteiger partial charge in [0.15, 0.2) is 0 Å². The van der Waals surface area contributed by atoms with Gasteiger partial charge in [0.05, 0.1) is 18.4 Å². The Kier molecular flexibility index (Phi) is 6.54. The monoisotopic (exact) mass is 554 g/mol. The van der Waals surface area contributed by atoms with E-state index in [9.17, 15) is 9.59 Å². The Morgan fingerprint density at radius 3 is 2.59 bits per heavy atom. The number of carbonyl (C=O) groups is 2. The summed E-state index contributed by atoms with van der Waals surface area (Å²) in [6.07, 6.45) is 2.81. The number of methoxy groups -OCH3 is 1. The molecular weight excluding hydrogens is 528 g/mol. The average molecular weight is 555 g/mol. The second kappa shape index (κ2) is 10.2. The number of fused-ring (bicyclic) bond motifs is 2. The standard InChI is InChI=1S/C30H26N4O3S2/c1-37-20-10-7-17(8-11-20)22-15-38-30(24(22)27(32)35)34-28(36)26-25(31)21-14-19-13-18(16-5-3-2-4-6-16)9-12-23(19)33-29(21)39-26/h2-8,10-11,14-15,18H,9,12-13,31H2,1H3,(H2,32,35)(H,34,36). The summed E-state index contributed by atoms with van der Waals surface area (Å²) in [5.41, 5.74) is 17.9. The molecule has 0 radical (unpaired) electrons. The number of rotatable bonds is 6. The van der Waals surface area contributed by atoms with Crippen LogP contribution in [0.3, 0.4) is 0 Å². The first-order valence-electron chi connectivity index (χ1n) is 12.6. The molecule has 7 nitrogen and oxygen atoms in total. The summed E-state index contributed by atoms with van der Waals surface area (Å²) in [5.74, 6) is 0.131. The van der Waals surface area contributed by atoms with Crippen molar-refractivity contribution in [3.63, 3.8) is 0 Å². The van der Waals surface area contributed by atoms with Crippen molar-refractivity contribution >= 4 is 55.4 Å². The Bertz CT molecular complexity index is 1710. The highest BCUT2D eigenvalue weighted by Gasteiger charge is 2.26. The van der Waals surface area contributed by atoms with E-state index in [-0.39, 0.29) is 11.5 Å². The van der Waals surface area contributed by atoms with Gasteiger partial charge in [0.2, 0.25) is 0 Å². The average Bonchev–Trinajstić information content (AvgIpc) is 3.53. The van der Waals surface area contributed by atoms with Gasteiger partial charge in [0.25, 0.3) is 11.8 Å². The normalized spacial score (nSPS) is 14.6. The fourth-order valence-corrected chi connectivity index (χ4v) is 7.17. The number of nitrogen functional groups attached to an aromatic ring is 1. The molecule has 39 heavy (non-hydrogen) atoms. The van der Waals surface area contributed by atoms with Crippen molar-refractivity contribution in [3.05, 3.63) is 93.3 Å². The van der Waals surface area contributed by atoms with Gasteiger partial charge in [-0.05, 0) is 60.1 Å². The van der Waals surface area contributed by atoms with E-state index >= 15 is 0 Å². The molecule has 0 saturated heterocycles. The molecule has 2 amide bonds. The molecule has 1 unspecified atom stereocenters. The van der Waals surface area contributed by atoms with Gasteiger partial charge in [-0.2, -0.15) is 0 Å². The number of benzene rings is 2. The zero-order valence-electron chi connectivity index (χ0n) is 21.2. The van der Waals surface area contributed by atoms with Crippen molar-refractivity contribution in [2.45, 2.75) is 25.2 Å². The zero-order chi connectivity index (χ0) is 27.1. The summed E-state index contributed by atoms with van der Waals surface area (Å²) in [6.45, 7) is 0. The van der Waals surface area contributed by atoms with E-state index in [0.29, 0.717) is 32.8 Å². The molecule has 9 heteroatoms. The van der Waals surface area contributed by atoms with Crippen LogP contribution in [0.4, 0.5) is 10.7 Å². The van der Waals surface area contributed by atoms with Crippen molar-refractivity contribution in [2.75, 3.05) is 18.2 Å². The van der Waals surface area contributed by atoms with Crippen LogP contribution >= 0.6 is 22.7 Å². The van der Waals surface area contributed by atoms with E-state index in [0.717, 1.165) is 40.7 Å². The maximum Gasteiger partial charge on any atom is 0.268 e. The van der Waals surface area contributed by atoms with Crippen LogP contribution in [0, 0.1) is 0 Å². The number of hydrogen-bond acceptors (Lipinski definition) is 7. The van der Waals surface area contributed by atoms with E-state index in [1.165, 1.54) is 33.8 Å². The third-order valence-corrected chi connectivity index (χ3v) is 9.24. The zero-order valence-corrected chi connectivity index (χ0v) is 22.8. The number of carbonyl (C=O) groups excluding carboxylic acids is 2.